The van der Waals surface area contributed by atoms with Crippen molar-refractivity contribution in [2.24, 2.45) is 5.92 Å². The van der Waals surface area contributed by atoms with Gasteiger partial charge in [0.2, 0.25) is 0 Å². The minimum atomic E-state index is -0.947. The maximum absolute atomic E-state index is 12.3. The lowest BCUT2D eigenvalue weighted by molar-refractivity contribution is -0.141. The molecule has 0 fully saturated rings. The first-order chi connectivity index (χ1) is 13.0. The monoisotopic (exact) mass is 371 g/mol. The molecule has 0 spiro atoms. The van der Waals surface area contributed by atoms with Gasteiger partial charge in [-0.3, -0.25) is 9.59 Å². The number of methoxy groups -OCH3 is 1. The molecular formula is C21H25NO5. The van der Waals surface area contributed by atoms with Gasteiger partial charge in [-0.1, -0.05) is 24.3 Å². The lowest BCUT2D eigenvalue weighted by Crippen LogP contribution is -2.34. The number of aliphatic carboxylic acids is 1. The molecule has 27 heavy (non-hydrogen) atoms. The number of benzene rings is 2. The van der Waals surface area contributed by atoms with E-state index in [1.54, 1.807) is 25.3 Å². The highest BCUT2D eigenvalue weighted by Gasteiger charge is 2.19. The fraction of sp³-hybridized carbons (Fsp3) is 0.333. The summed E-state index contributed by atoms with van der Waals surface area (Å²) in [5.74, 6) is -1.21. The van der Waals surface area contributed by atoms with Crippen LogP contribution in [0.5, 0.6) is 5.75 Å². The van der Waals surface area contributed by atoms with Gasteiger partial charge in [0.05, 0.1) is 19.1 Å². The molecule has 6 nitrogen and oxygen atoms in total. The molecule has 6 heteroatoms. The molecule has 1 atom stereocenters. The van der Waals surface area contributed by atoms with Crippen LogP contribution in [0, 0.1) is 5.92 Å². The van der Waals surface area contributed by atoms with Gasteiger partial charge in [-0.2, -0.15) is 0 Å². The van der Waals surface area contributed by atoms with Crippen LogP contribution in [0.1, 0.15) is 28.4 Å². The summed E-state index contributed by atoms with van der Waals surface area (Å²) in [5.41, 5.74) is 2.24. The lowest BCUT2D eigenvalue weighted by Gasteiger charge is -2.14. The van der Waals surface area contributed by atoms with Crippen LogP contribution in [0.2, 0.25) is 0 Å². The number of amides is 1. The Kier molecular flexibility index (Phi) is 7.82. The number of hydrogen-bond donors (Lipinski definition) is 2. The third-order valence-electron chi connectivity index (χ3n) is 4.07. The third-order valence-corrected chi connectivity index (χ3v) is 4.07. The number of carboxylic acids is 1. The largest absolute Gasteiger partial charge is 0.494 e. The van der Waals surface area contributed by atoms with E-state index in [1.165, 1.54) is 0 Å². The fourth-order valence-corrected chi connectivity index (χ4v) is 2.71. The summed E-state index contributed by atoms with van der Waals surface area (Å²) in [6.45, 7) is 2.95. The van der Waals surface area contributed by atoms with Crippen LogP contribution in [0.3, 0.4) is 0 Å². The van der Waals surface area contributed by atoms with E-state index in [-0.39, 0.29) is 12.5 Å². The molecule has 144 valence electrons. The van der Waals surface area contributed by atoms with Crippen molar-refractivity contribution in [2.75, 3.05) is 20.3 Å². The Morgan fingerprint density at radius 1 is 1.11 bits per heavy atom. The molecule has 0 aliphatic carbocycles. The predicted molar refractivity (Wildman–Crippen MR) is 102 cm³/mol. The molecule has 0 radical (unpaired) electrons. The summed E-state index contributed by atoms with van der Waals surface area (Å²) in [7, 11) is 1.59. The molecule has 2 rings (SSSR count). The van der Waals surface area contributed by atoms with Gasteiger partial charge in [-0.25, -0.2) is 0 Å². The van der Waals surface area contributed by atoms with Gasteiger partial charge in [0.1, 0.15) is 5.75 Å². The second-order valence-electron chi connectivity index (χ2n) is 6.16. The van der Waals surface area contributed by atoms with Crippen molar-refractivity contribution in [1.29, 1.82) is 0 Å². The first-order valence-corrected chi connectivity index (χ1v) is 8.84. The summed E-state index contributed by atoms with van der Waals surface area (Å²) < 4.78 is 10.4. The Bertz CT molecular complexity index is 757. The summed E-state index contributed by atoms with van der Waals surface area (Å²) in [6.07, 6.45) is 0.325. The Balaban J connectivity index is 1.96. The fourth-order valence-electron chi connectivity index (χ4n) is 2.71. The molecule has 2 aromatic rings. The SMILES string of the molecule is CCOc1ccc(CC(CNC(=O)c2cccc(COC)c2)C(=O)O)cc1. The molecule has 2 aromatic carbocycles. The molecule has 0 saturated heterocycles. The van der Waals surface area contributed by atoms with Crippen molar-refractivity contribution in [3.8, 4) is 5.75 Å². The Morgan fingerprint density at radius 3 is 2.48 bits per heavy atom. The van der Waals surface area contributed by atoms with Crippen molar-refractivity contribution in [3.05, 3.63) is 65.2 Å². The average Bonchev–Trinajstić information content (AvgIpc) is 2.66. The van der Waals surface area contributed by atoms with Crippen LogP contribution in [0.15, 0.2) is 48.5 Å². The van der Waals surface area contributed by atoms with E-state index in [2.05, 4.69) is 5.32 Å². The van der Waals surface area contributed by atoms with Gasteiger partial charge in [-0.05, 0) is 48.7 Å². The molecule has 0 saturated carbocycles. The summed E-state index contributed by atoms with van der Waals surface area (Å²) in [4.78, 5) is 23.9. The Morgan fingerprint density at radius 2 is 1.85 bits per heavy atom. The zero-order chi connectivity index (χ0) is 19.6. The van der Waals surface area contributed by atoms with Crippen LogP contribution in [0.25, 0.3) is 0 Å². The second kappa shape index (κ2) is 10.3. The number of carbonyl (C=O) groups excluding carboxylic acids is 1. The predicted octanol–water partition coefficient (Wildman–Crippen LogP) is 2.91. The van der Waals surface area contributed by atoms with E-state index in [0.29, 0.717) is 25.2 Å². The molecule has 0 heterocycles. The number of carboxylic acid groups (broad SMARTS) is 1. The minimum Gasteiger partial charge on any atom is -0.494 e. The molecule has 0 aliphatic heterocycles. The number of rotatable bonds is 10. The van der Waals surface area contributed by atoms with Crippen LogP contribution >= 0.6 is 0 Å². The number of nitrogens with one attached hydrogen (secondary N) is 1. The molecule has 1 unspecified atom stereocenters. The quantitative estimate of drug-likeness (QED) is 0.671. The molecule has 2 N–H and O–H groups in total. The molecule has 0 bridgehead atoms. The van der Waals surface area contributed by atoms with E-state index in [0.717, 1.165) is 16.9 Å². The van der Waals surface area contributed by atoms with E-state index < -0.39 is 11.9 Å². The minimum absolute atomic E-state index is 0.0515. The topological polar surface area (TPSA) is 84.9 Å². The molecule has 0 aliphatic rings. The van der Waals surface area contributed by atoms with E-state index in [9.17, 15) is 14.7 Å². The highest BCUT2D eigenvalue weighted by molar-refractivity contribution is 5.94. The van der Waals surface area contributed by atoms with Gasteiger partial charge in [0.25, 0.3) is 5.91 Å². The lowest BCUT2D eigenvalue weighted by atomic mass is 9.99. The van der Waals surface area contributed by atoms with Gasteiger partial charge in [-0.15, -0.1) is 0 Å². The first kappa shape index (κ1) is 20.5. The van der Waals surface area contributed by atoms with Crippen molar-refractivity contribution in [1.82, 2.24) is 5.32 Å². The van der Waals surface area contributed by atoms with Gasteiger partial charge in [0, 0.05) is 19.2 Å². The van der Waals surface area contributed by atoms with Crippen molar-refractivity contribution >= 4 is 11.9 Å². The van der Waals surface area contributed by atoms with E-state index in [4.69, 9.17) is 9.47 Å². The van der Waals surface area contributed by atoms with E-state index in [1.807, 2.05) is 37.3 Å². The third kappa shape index (κ3) is 6.42. The maximum Gasteiger partial charge on any atom is 0.308 e. The normalized spacial score (nSPS) is 11.6. The summed E-state index contributed by atoms with van der Waals surface area (Å²) in [5, 5.41) is 12.2. The van der Waals surface area contributed by atoms with Crippen molar-refractivity contribution in [3.63, 3.8) is 0 Å². The smallest absolute Gasteiger partial charge is 0.308 e. The van der Waals surface area contributed by atoms with Crippen LogP contribution in [-0.4, -0.2) is 37.2 Å². The summed E-state index contributed by atoms with van der Waals surface area (Å²) >= 11 is 0. The van der Waals surface area contributed by atoms with Crippen LogP contribution in [0.4, 0.5) is 0 Å². The standard InChI is InChI=1S/C21H25NO5/c1-3-27-19-9-7-15(8-10-19)11-18(21(24)25)13-22-20(23)17-6-4-5-16(12-17)14-26-2/h4-10,12,18H,3,11,13-14H2,1-2H3,(H,22,23)(H,24,25). The molecule has 0 aromatic heterocycles. The summed E-state index contributed by atoms with van der Waals surface area (Å²) in [6, 6.07) is 14.4. The van der Waals surface area contributed by atoms with Crippen molar-refractivity contribution < 1.29 is 24.2 Å². The zero-order valence-electron chi connectivity index (χ0n) is 15.6. The average molecular weight is 371 g/mol. The first-order valence-electron chi connectivity index (χ1n) is 8.84. The van der Waals surface area contributed by atoms with Crippen LogP contribution < -0.4 is 10.1 Å². The highest BCUT2D eigenvalue weighted by atomic mass is 16.5. The highest BCUT2D eigenvalue weighted by Crippen LogP contribution is 2.15. The van der Waals surface area contributed by atoms with Gasteiger partial charge >= 0.3 is 5.97 Å². The maximum atomic E-state index is 12.3. The van der Waals surface area contributed by atoms with Crippen LogP contribution in [-0.2, 0) is 22.6 Å². The van der Waals surface area contributed by atoms with E-state index >= 15 is 0 Å². The van der Waals surface area contributed by atoms with Crippen molar-refractivity contribution in [2.45, 2.75) is 20.0 Å². The zero-order valence-corrected chi connectivity index (χ0v) is 15.6. The number of carbonyl (C=O) groups is 2. The second-order valence-corrected chi connectivity index (χ2v) is 6.16. The molecule has 1 amide bonds. The molecular weight excluding hydrogens is 346 g/mol. The number of hydrogen-bond acceptors (Lipinski definition) is 4. The van der Waals surface area contributed by atoms with Gasteiger partial charge < -0.3 is 19.9 Å². The number of ether oxygens (including phenoxy) is 2. The van der Waals surface area contributed by atoms with Gasteiger partial charge in [0.15, 0.2) is 0 Å². The Labute approximate surface area is 159 Å². The Hall–Kier alpha value is -2.86.